The van der Waals surface area contributed by atoms with E-state index in [0.717, 1.165) is 0 Å². The quantitative estimate of drug-likeness (QED) is 0.606. The van der Waals surface area contributed by atoms with Crippen molar-refractivity contribution in [2.75, 3.05) is 6.61 Å². The highest BCUT2D eigenvalue weighted by molar-refractivity contribution is 4.82. The molecule has 0 aliphatic heterocycles. The first-order valence-electron chi connectivity index (χ1n) is 5.64. The fourth-order valence-corrected chi connectivity index (χ4v) is 1.06. The van der Waals surface area contributed by atoms with Gasteiger partial charge in [-0.1, -0.05) is 0 Å². The first-order chi connectivity index (χ1) is 8.53. The van der Waals surface area contributed by atoms with Crippen LogP contribution in [0, 0.1) is 34.0 Å². The fourth-order valence-electron chi connectivity index (χ4n) is 1.06. The van der Waals surface area contributed by atoms with E-state index in [1.807, 2.05) is 18.2 Å². The average Bonchev–Trinajstić information content (AvgIpc) is 2.37. The summed E-state index contributed by atoms with van der Waals surface area (Å²) in [6.45, 7) is 5.07. The first kappa shape index (κ1) is 16.4. The summed E-state index contributed by atoms with van der Waals surface area (Å²) in [6, 6.07) is 5.77. The average molecular weight is 251 g/mol. The molecule has 98 valence electrons. The number of hydrogen-bond donors (Lipinski definition) is 0. The third-order valence-electron chi connectivity index (χ3n) is 1.98. The van der Waals surface area contributed by atoms with Crippen molar-refractivity contribution in [3.8, 4) is 18.2 Å². The summed E-state index contributed by atoms with van der Waals surface area (Å²) in [5, 5.41) is 25.9. The summed E-state index contributed by atoms with van der Waals surface area (Å²) >= 11 is 0. The van der Waals surface area contributed by atoms with Gasteiger partial charge >= 0.3 is 0 Å². The van der Waals surface area contributed by atoms with Crippen molar-refractivity contribution >= 4 is 0 Å². The number of nitrogens with zero attached hydrogens (tertiary/aromatic N) is 3. The summed E-state index contributed by atoms with van der Waals surface area (Å²) in [6.07, 6.45) is -2.11. The maximum Gasteiger partial charge on any atom is 0.163 e. The Morgan fingerprint density at radius 2 is 1.28 bits per heavy atom. The molecule has 0 aromatic carbocycles. The van der Waals surface area contributed by atoms with Gasteiger partial charge in [-0.15, -0.1) is 0 Å². The van der Waals surface area contributed by atoms with Crippen LogP contribution in [0.25, 0.3) is 0 Å². The summed E-state index contributed by atoms with van der Waals surface area (Å²) in [5.41, 5.74) is 0. The van der Waals surface area contributed by atoms with E-state index in [1.54, 1.807) is 20.8 Å². The summed E-state index contributed by atoms with van der Waals surface area (Å²) < 4.78 is 15.7. The Kier molecular flexibility index (Phi) is 8.53. The maximum atomic E-state index is 8.66. The predicted octanol–water partition coefficient (Wildman–Crippen LogP) is 1.49. The molecule has 0 saturated carbocycles. The Hall–Kier alpha value is -1.65. The third kappa shape index (κ3) is 7.60. The molecule has 18 heavy (non-hydrogen) atoms. The van der Waals surface area contributed by atoms with Gasteiger partial charge in [-0.25, -0.2) is 0 Å². The molecule has 0 amide bonds. The van der Waals surface area contributed by atoms with Crippen LogP contribution in [0.3, 0.4) is 0 Å². The van der Waals surface area contributed by atoms with Crippen LogP contribution in [0.1, 0.15) is 27.2 Å². The molecule has 0 rings (SSSR count). The van der Waals surface area contributed by atoms with Crippen molar-refractivity contribution < 1.29 is 14.2 Å². The lowest BCUT2D eigenvalue weighted by Crippen LogP contribution is -2.27. The van der Waals surface area contributed by atoms with Gasteiger partial charge in [-0.3, -0.25) is 0 Å². The Bertz CT molecular complexity index is 331. The molecule has 0 aliphatic carbocycles. The number of nitriles is 3. The molecule has 0 heterocycles. The summed E-state index contributed by atoms with van der Waals surface area (Å²) in [5.74, 6) is 0. The number of hydrogen-bond acceptors (Lipinski definition) is 6. The van der Waals surface area contributed by atoms with E-state index >= 15 is 0 Å². The summed E-state index contributed by atoms with van der Waals surface area (Å²) in [4.78, 5) is 0. The normalized spacial score (nSPS) is 16.7. The number of rotatable bonds is 8. The zero-order chi connectivity index (χ0) is 14.0. The molecule has 6 heteroatoms. The number of ether oxygens (including phenoxy) is 3. The zero-order valence-corrected chi connectivity index (χ0v) is 10.8. The fraction of sp³-hybridized carbons (Fsp3) is 0.750. The van der Waals surface area contributed by atoms with Crippen molar-refractivity contribution in [1.29, 1.82) is 15.8 Å². The highest BCUT2D eigenvalue weighted by Gasteiger charge is 2.17. The van der Waals surface area contributed by atoms with E-state index in [0.29, 0.717) is 6.42 Å². The van der Waals surface area contributed by atoms with Gasteiger partial charge in [0.15, 0.2) is 6.29 Å². The Morgan fingerprint density at radius 3 is 1.67 bits per heavy atom. The van der Waals surface area contributed by atoms with E-state index in [-0.39, 0.29) is 6.61 Å². The minimum atomic E-state index is -0.694. The second-order valence-corrected chi connectivity index (χ2v) is 3.68. The molecule has 6 nitrogen and oxygen atoms in total. The van der Waals surface area contributed by atoms with E-state index in [1.165, 1.54) is 0 Å². The van der Waals surface area contributed by atoms with Gasteiger partial charge in [0.1, 0.15) is 18.3 Å². The molecule has 3 unspecified atom stereocenters. The van der Waals surface area contributed by atoms with Crippen molar-refractivity contribution in [2.45, 2.75) is 51.8 Å². The molecule has 0 aliphatic rings. The largest absolute Gasteiger partial charge is 0.363 e. The van der Waals surface area contributed by atoms with Gasteiger partial charge in [0.2, 0.25) is 0 Å². The monoisotopic (exact) mass is 251 g/mol. The molecule has 0 aromatic rings. The van der Waals surface area contributed by atoms with Crippen LogP contribution in [-0.4, -0.2) is 31.2 Å². The van der Waals surface area contributed by atoms with Crippen molar-refractivity contribution in [2.24, 2.45) is 0 Å². The van der Waals surface area contributed by atoms with E-state index in [4.69, 9.17) is 30.0 Å². The highest BCUT2D eigenvalue weighted by atomic mass is 16.7. The topological polar surface area (TPSA) is 99.1 Å². The second-order valence-electron chi connectivity index (χ2n) is 3.68. The minimum absolute atomic E-state index is 0.260. The van der Waals surface area contributed by atoms with Crippen molar-refractivity contribution in [3.63, 3.8) is 0 Å². The van der Waals surface area contributed by atoms with Crippen molar-refractivity contribution in [3.05, 3.63) is 0 Å². The minimum Gasteiger partial charge on any atom is -0.363 e. The van der Waals surface area contributed by atoms with Crippen LogP contribution in [0.4, 0.5) is 0 Å². The van der Waals surface area contributed by atoms with Crippen molar-refractivity contribution in [1.82, 2.24) is 0 Å². The molecule has 0 bridgehead atoms. The Morgan fingerprint density at radius 1 is 0.833 bits per heavy atom. The second kappa shape index (κ2) is 9.39. The van der Waals surface area contributed by atoms with Crippen LogP contribution in [-0.2, 0) is 14.2 Å². The summed E-state index contributed by atoms with van der Waals surface area (Å²) in [7, 11) is 0. The maximum absolute atomic E-state index is 8.66. The Labute approximate surface area is 107 Å². The van der Waals surface area contributed by atoms with Gasteiger partial charge in [0.25, 0.3) is 0 Å². The lowest BCUT2D eigenvalue weighted by molar-refractivity contribution is -0.176. The molecule has 3 atom stereocenters. The van der Waals surface area contributed by atoms with Gasteiger partial charge in [-0.05, 0) is 20.8 Å². The smallest absolute Gasteiger partial charge is 0.163 e. The van der Waals surface area contributed by atoms with Crippen LogP contribution in [0.15, 0.2) is 0 Å². The zero-order valence-electron chi connectivity index (χ0n) is 10.8. The van der Waals surface area contributed by atoms with E-state index in [2.05, 4.69) is 0 Å². The molecular weight excluding hydrogens is 234 g/mol. The first-order valence-corrected chi connectivity index (χ1v) is 5.64. The third-order valence-corrected chi connectivity index (χ3v) is 1.98. The van der Waals surface area contributed by atoms with Crippen LogP contribution in [0.2, 0.25) is 0 Å². The van der Waals surface area contributed by atoms with Crippen LogP contribution in [0.5, 0.6) is 0 Å². The molecule has 0 fully saturated rings. The van der Waals surface area contributed by atoms with Gasteiger partial charge in [-0.2, -0.15) is 15.8 Å². The molecule has 0 N–H and O–H groups in total. The molecular formula is C12H17N3O3. The SMILES string of the molecule is CC(C#N)OCCC(OC(C)C#N)OC(C)C#N. The lowest BCUT2D eigenvalue weighted by atomic mass is 10.3. The molecule has 0 saturated heterocycles. The molecule has 0 spiro atoms. The van der Waals surface area contributed by atoms with Gasteiger partial charge in [0.05, 0.1) is 24.8 Å². The van der Waals surface area contributed by atoms with E-state index < -0.39 is 24.6 Å². The van der Waals surface area contributed by atoms with Gasteiger partial charge in [0, 0.05) is 6.42 Å². The lowest BCUT2D eigenvalue weighted by Gasteiger charge is -2.21. The highest BCUT2D eigenvalue weighted by Crippen LogP contribution is 2.08. The van der Waals surface area contributed by atoms with Crippen LogP contribution < -0.4 is 0 Å². The Balaban J connectivity index is 4.18. The van der Waals surface area contributed by atoms with Gasteiger partial charge < -0.3 is 14.2 Å². The molecule has 0 radical (unpaired) electrons. The standard InChI is InChI=1S/C12H17N3O3/c1-9(6-13)16-5-4-12(17-10(2)7-14)18-11(3)8-15/h9-12H,4-5H2,1-3H3. The van der Waals surface area contributed by atoms with Crippen LogP contribution >= 0.6 is 0 Å². The predicted molar refractivity (Wildman–Crippen MR) is 61.8 cm³/mol. The molecule has 0 aromatic heterocycles. The van der Waals surface area contributed by atoms with E-state index in [9.17, 15) is 0 Å².